The summed E-state index contributed by atoms with van der Waals surface area (Å²) >= 11 is 0. The monoisotopic (exact) mass is 333 g/mol. The van der Waals surface area contributed by atoms with Crippen LogP contribution in [0.4, 0.5) is 0 Å². The number of ether oxygens (including phenoxy) is 1. The van der Waals surface area contributed by atoms with E-state index in [2.05, 4.69) is 35.8 Å². The summed E-state index contributed by atoms with van der Waals surface area (Å²) in [5.41, 5.74) is 0.947. The van der Waals surface area contributed by atoms with E-state index in [9.17, 15) is 5.11 Å². The average Bonchev–Trinajstić information content (AvgIpc) is 2.58. The Hall–Kier alpha value is -2.17. The van der Waals surface area contributed by atoms with Crippen LogP contribution in [0.25, 0.3) is 0 Å². The Morgan fingerprint density at radius 1 is 1.38 bits per heavy atom. The fourth-order valence-electron chi connectivity index (χ4n) is 2.39. The predicted molar refractivity (Wildman–Crippen MR) is 101 cm³/mol. The average molecular weight is 333 g/mol. The summed E-state index contributed by atoms with van der Waals surface area (Å²) in [6.45, 7) is 8.12. The van der Waals surface area contributed by atoms with Crippen LogP contribution in [0.15, 0.2) is 35.8 Å². The van der Waals surface area contributed by atoms with Crippen LogP contribution in [-0.4, -0.2) is 43.2 Å². The van der Waals surface area contributed by atoms with Gasteiger partial charge in [-0.1, -0.05) is 18.6 Å². The Labute approximate surface area is 146 Å². The van der Waals surface area contributed by atoms with Gasteiger partial charge >= 0.3 is 0 Å². The second kappa shape index (κ2) is 11.4. The molecule has 1 aromatic rings. The van der Waals surface area contributed by atoms with Crippen LogP contribution in [-0.2, 0) is 6.54 Å². The Bertz CT molecular complexity index is 529. The zero-order valence-electron chi connectivity index (χ0n) is 15.2. The van der Waals surface area contributed by atoms with Gasteiger partial charge in [-0.25, -0.2) is 4.99 Å². The summed E-state index contributed by atoms with van der Waals surface area (Å²) < 4.78 is 5.06. The lowest BCUT2D eigenvalue weighted by Gasteiger charge is -2.22. The highest BCUT2D eigenvalue weighted by atomic mass is 16.5. The molecule has 24 heavy (non-hydrogen) atoms. The van der Waals surface area contributed by atoms with Gasteiger partial charge in [0.05, 0.1) is 13.7 Å². The third-order valence-corrected chi connectivity index (χ3v) is 3.75. The molecule has 0 saturated heterocycles. The first-order valence-electron chi connectivity index (χ1n) is 8.58. The van der Waals surface area contributed by atoms with E-state index in [0.717, 1.165) is 37.5 Å². The Morgan fingerprint density at radius 3 is 2.79 bits per heavy atom. The molecular weight excluding hydrogens is 302 g/mol. The Balaban J connectivity index is 2.60. The van der Waals surface area contributed by atoms with Crippen LogP contribution < -0.4 is 10.1 Å². The first kappa shape index (κ1) is 19.9. The summed E-state index contributed by atoms with van der Waals surface area (Å²) in [7, 11) is 3.60. The minimum absolute atomic E-state index is 0.144. The van der Waals surface area contributed by atoms with Crippen molar-refractivity contribution in [2.45, 2.75) is 39.2 Å². The maximum atomic E-state index is 9.85. The molecule has 1 aromatic carbocycles. The largest absolute Gasteiger partial charge is 0.504 e. The van der Waals surface area contributed by atoms with Crippen LogP contribution >= 0.6 is 0 Å². The van der Waals surface area contributed by atoms with Gasteiger partial charge in [0.2, 0.25) is 0 Å². The number of rotatable bonds is 10. The number of hydrogen-bond donors (Lipinski definition) is 2. The number of nitrogens with zero attached hydrogens (tertiary/aromatic N) is 2. The van der Waals surface area contributed by atoms with E-state index in [1.165, 1.54) is 12.8 Å². The molecule has 0 aromatic heterocycles. The number of allylic oxidation sites excluding steroid dienone is 1. The number of unbranched alkanes of at least 4 members (excludes halogenated alkanes) is 3. The molecule has 0 atom stereocenters. The zero-order chi connectivity index (χ0) is 17.8. The Kier molecular flexibility index (Phi) is 9.42. The number of hydrogen-bond acceptors (Lipinski definition) is 3. The molecule has 0 aliphatic heterocycles. The standard InChI is InChI=1S/C19H31N3O2/c1-5-7-8-9-10-13-22(3)19(20-6-2)21-15-16-11-12-18(24-4)17(23)14-16/h5,11-12,14,23H,1,6-10,13,15H2,2-4H3,(H,20,21). The third-order valence-electron chi connectivity index (χ3n) is 3.75. The van der Waals surface area contributed by atoms with E-state index < -0.39 is 0 Å². The number of aromatic hydroxyl groups is 1. The maximum absolute atomic E-state index is 9.85. The topological polar surface area (TPSA) is 57.1 Å². The Morgan fingerprint density at radius 2 is 2.17 bits per heavy atom. The molecule has 0 bridgehead atoms. The molecule has 134 valence electrons. The first-order chi connectivity index (χ1) is 11.6. The van der Waals surface area contributed by atoms with Crippen molar-refractivity contribution in [2.75, 3.05) is 27.2 Å². The molecule has 0 spiro atoms. The summed E-state index contributed by atoms with van der Waals surface area (Å²) in [4.78, 5) is 6.81. The van der Waals surface area contributed by atoms with Crippen LogP contribution in [0.3, 0.4) is 0 Å². The lowest BCUT2D eigenvalue weighted by Crippen LogP contribution is -2.39. The zero-order valence-corrected chi connectivity index (χ0v) is 15.2. The van der Waals surface area contributed by atoms with E-state index in [-0.39, 0.29) is 5.75 Å². The van der Waals surface area contributed by atoms with Crippen LogP contribution in [0.1, 0.15) is 38.2 Å². The van der Waals surface area contributed by atoms with Crippen molar-refractivity contribution in [1.29, 1.82) is 0 Å². The van der Waals surface area contributed by atoms with Gasteiger partial charge in [0.1, 0.15) is 0 Å². The SMILES string of the molecule is C=CCCCCCN(C)C(=NCc1ccc(OC)c(O)c1)NCC. The molecular formula is C19H31N3O2. The molecule has 0 radical (unpaired) electrons. The van der Waals surface area contributed by atoms with E-state index >= 15 is 0 Å². The number of methoxy groups -OCH3 is 1. The van der Waals surface area contributed by atoms with Gasteiger partial charge in [0.25, 0.3) is 0 Å². The van der Waals surface area contributed by atoms with E-state index in [0.29, 0.717) is 12.3 Å². The highest BCUT2D eigenvalue weighted by Gasteiger charge is 2.06. The highest BCUT2D eigenvalue weighted by molar-refractivity contribution is 5.79. The molecule has 5 nitrogen and oxygen atoms in total. The minimum atomic E-state index is 0.144. The van der Waals surface area contributed by atoms with Crippen LogP contribution in [0, 0.1) is 0 Å². The molecule has 0 saturated carbocycles. The van der Waals surface area contributed by atoms with Gasteiger partial charge in [-0.15, -0.1) is 6.58 Å². The first-order valence-corrected chi connectivity index (χ1v) is 8.58. The van der Waals surface area contributed by atoms with Gasteiger partial charge in [0, 0.05) is 20.1 Å². The molecule has 1 rings (SSSR count). The molecule has 0 aliphatic carbocycles. The molecule has 0 heterocycles. The van der Waals surface area contributed by atoms with Crippen molar-refractivity contribution in [3.63, 3.8) is 0 Å². The number of benzene rings is 1. The van der Waals surface area contributed by atoms with Crippen LogP contribution in [0.2, 0.25) is 0 Å². The third kappa shape index (κ3) is 6.94. The maximum Gasteiger partial charge on any atom is 0.193 e. The normalized spacial score (nSPS) is 11.2. The van der Waals surface area contributed by atoms with Crippen molar-refractivity contribution in [3.05, 3.63) is 36.4 Å². The number of aliphatic imine (C=N–C) groups is 1. The summed E-state index contributed by atoms with van der Waals surface area (Å²) in [6.07, 6.45) is 6.58. The van der Waals surface area contributed by atoms with E-state index in [4.69, 9.17) is 4.74 Å². The summed E-state index contributed by atoms with van der Waals surface area (Å²) in [5, 5.41) is 13.2. The van der Waals surface area contributed by atoms with E-state index in [1.54, 1.807) is 19.2 Å². The molecule has 2 N–H and O–H groups in total. The quantitative estimate of drug-likeness (QED) is 0.298. The lowest BCUT2D eigenvalue weighted by molar-refractivity contribution is 0.373. The number of phenolic OH excluding ortho intramolecular Hbond substituents is 1. The van der Waals surface area contributed by atoms with Crippen molar-refractivity contribution in [2.24, 2.45) is 4.99 Å². The lowest BCUT2D eigenvalue weighted by atomic mass is 10.2. The molecule has 0 unspecified atom stereocenters. The van der Waals surface area contributed by atoms with Gasteiger partial charge < -0.3 is 20.1 Å². The molecule has 0 aliphatic rings. The smallest absolute Gasteiger partial charge is 0.193 e. The molecule has 0 fully saturated rings. The summed E-state index contributed by atoms with van der Waals surface area (Å²) in [6, 6.07) is 5.37. The highest BCUT2D eigenvalue weighted by Crippen LogP contribution is 2.26. The summed E-state index contributed by atoms with van der Waals surface area (Å²) in [5.74, 6) is 1.51. The van der Waals surface area contributed by atoms with Crippen molar-refractivity contribution in [1.82, 2.24) is 10.2 Å². The second-order valence-corrected chi connectivity index (χ2v) is 5.74. The fourth-order valence-corrected chi connectivity index (χ4v) is 2.39. The van der Waals surface area contributed by atoms with Gasteiger partial charge in [0.15, 0.2) is 17.5 Å². The van der Waals surface area contributed by atoms with Gasteiger partial charge in [-0.3, -0.25) is 0 Å². The molecule has 5 heteroatoms. The van der Waals surface area contributed by atoms with Crippen LogP contribution in [0.5, 0.6) is 11.5 Å². The number of guanidine groups is 1. The second-order valence-electron chi connectivity index (χ2n) is 5.74. The fraction of sp³-hybridized carbons (Fsp3) is 0.526. The van der Waals surface area contributed by atoms with Crippen molar-refractivity contribution in [3.8, 4) is 11.5 Å². The number of phenols is 1. The van der Waals surface area contributed by atoms with E-state index in [1.807, 2.05) is 12.1 Å². The van der Waals surface area contributed by atoms with Crippen molar-refractivity contribution >= 4 is 5.96 Å². The minimum Gasteiger partial charge on any atom is -0.504 e. The molecule has 0 amide bonds. The van der Waals surface area contributed by atoms with Gasteiger partial charge in [-0.2, -0.15) is 0 Å². The predicted octanol–water partition coefficient (Wildman–Crippen LogP) is 3.54. The van der Waals surface area contributed by atoms with Crippen molar-refractivity contribution < 1.29 is 9.84 Å². The number of nitrogens with one attached hydrogen (secondary N) is 1. The van der Waals surface area contributed by atoms with Gasteiger partial charge in [-0.05, 0) is 43.9 Å².